The van der Waals surface area contributed by atoms with Gasteiger partial charge in [-0.1, -0.05) is 12.1 Å². The Bertz CT molecular complexity index is 764. The molecule has 0 fully saturated rings. The van der Waals surface area contributed by atoms with Gasteiger partial charge in [-0.3, -0.25) is 0 Å². The van der Waals surface area contributed by atoms with Crippen LogP contribution in [0.5, 0.6) is 0 Å². The summed E-state index contributed by atoms with van der Waals surface area (Å²) in [4.78, 5) is 6.76. The van der Waals surface area contributed by atoms with Crippen LogP contribution in [0.2, 0.25) is 0 Å². The van der Waals surface area contributed by atoms with Crippen LogP contribution in [0, 0.1) is 6.92 Å². The third kappa shape index (κ3) is 2.84. The van der Waals surface area contributed by atoms with Crippen LogP contribution in [-0.4, -0.2) is 11.5 Å². The van der Waals surface area contributed by atoms with Crippen LogP contribution in [0.4, 0.5) is 11.4 Å². The molecule has 1 heterocycles. The van der Waals surface area contributed by atoms with E-state index in [9.17, 15) is 0 Å². The molecule has 0 spiro atoms. The lowest BCUT2D eigenvalue weighted by Gasteiger charge is -2.21. The number of hydrogen-bond donors (Lipinski definition) is 1. The highest BCUT2D eigenvalue weighted by atomic mass is 16.3. The molecule has 0 radical (unpaired) electrons. The van der Waals surface area contributed by atoms with Crippen molar-refractivity contribution in [2.45, 2.75) is 20.4 Å². The van der Waals surface area contributed by atoms with E-state index in [1.165, 1.54) is 11.3 Å². The Kier molecular flexibility index (Phi) is 3.52. The highest BCUT2D eigenvalue weighted by Gasteiger charge is 2.11. The third-order valence-corrected chi connectivity index (χ3v) is 3.53. The van der Waals surface area contributed by atoms with E-state index in [2.05, 4.69) is 48.0 Å². The third-order valence-electron chi connectivity index (χ3n) is 3.53. The normalized spacial score (nSPS) is 11.0. The van der Waals surface area contributed by atoms with Crippen molar-refractivity contribution in [2.24, 2.45) is 0 Å². The average Bonchev–Trinajstić information content (AvgIpc) is 2.86. The highest BCUT2D eigenvalue weighted by molar-refractivity contribution is 5.76. The second kappa shape index (κ2) is 5.48. The van der Waals surface area contributed by atoms with Gasteiger partial charge in [-0.05, 0) is 43.7 Å². The summed E-state index contributed by atoms with van der Waals surface area (Å²) in [6.07, 6.45) is 0. The lowest BCUT2D eigenvalue weighted by Crippen LogP contribution is -2.22. The molecule has 2 N–H and O–H groups in total. The fourth-order valence-corrected chi connectivity index (χ4v) is 2.43. The topological polar surface area (TPSA) is 55.3 Å². The number of rotatable bonds is 4. The molecule has 0 unspecified atom stereocenters. The summed E-state index contributed by atoms with van der Waals surface area (Å²) in [5, 5.41) is 0. The zero-order valence-electron chi connectivity index (χ0n) is 12.3. The SMILES string of the molecule is CCN(Cc1nc2ccc(N)cc2o1)c1cccc(C)c1. The molecule has 0 saturated heterocycles. The number of fused-ring (bicyclic) bond motifs is 1. The molecule has 108 valence electrons. The molecule has 4 nitrogen and oxygen atoms in total. The number of nitrogens with zero attached hydrogens (tertiary/aromatic N) is 2. The quantitative estimate of drug-likeness (QED) is 0.740. The summed E-state index contributed by atoms with van der Waals surface area (Å²) in [6, 6.07) is 14.0. The molecule has 1 aromatic heterocycles. The van der Waals surface area contributed by atoms with E-state index in [4.69, 9.17) is 10.2 Å². The molecular weight excluding hydrogens is 262 g/mol. The monoisotopic (exact) mass is 281 g/mol. The summed E-state index contributed by atoms with van der Waals surface area (Å²) in [5.74, 6) is 0.707. The Morgan fingerprint density at radius 1 is 1.19 bits per heavy atom. The second-order valence-corrected chi connectivity index (χ2v) is 5.19. The first-order valence-corrected chi connectivity index (χ1v) is 7.12. The van der Waals surface area contributed by atoms with E-state index in [0.717, 1.165) is 17.6 Å². The van der Waals surface area contributed by atoms with Crippen molar-refractivity contribution in [2.75, 3.05) is 17.2 Å². The lowest BCUT2D eigenvalue weighted by atomic mass is 10.2. The minimum Gasteiger partial charge on any atom is -0.439 e. The molecule has 0 aliphatic heterocycles. The lowest BCUT2D eigenvalue weighted by molar-refractivity contribution is 0.522. The van der Waals surface area contributed by atoms with Gasteiger partial charge < -0.3 is 15.1 Å². The molecule has 0 aliphatic carbocycles. The van der Waals surface area contributed by atoms with Gasteiger partial charge >= 0.3 is 0 Å². The van der Waals surface area contributed by atoms with Gasteiger partial charge in [-0.15, -0.1) is 0 Å². The second-order valence-electron chi connectivity index (χ2n) is 5.19. The Hall–Kier alpha value is -2.49. The van der Waals surface area contributed by atoms with E-state index in [1.54, 1.807) is 0 Å². The number of anilines is 2. The Morgan fingerprint density at radius 3 is 2.81 bits per heavy atom. The van der Waals surface area contributed by atoms with Crippen molar-refractivity contribution >= 4 is 22.5 Å². The molecule has 4 heteroatoms. The number of nitrogen functional groups attached to an aromatic ring is 1. The predicted molar refractivity (Wildman–Crippen MR) is 86.3 cm³/mol. The average molecular weight is 281 g/mol. The van der Waals surface area contributed by atoms with Crippen molar-refractivity contribution in [1.29, 1.82) is 0 Å². The Labute approximate surface area is 124 Å². The molecule has 0 amide bonds. The van der Waals surface area contributed by atoms with Crippen molar-refractivity contribution in [3.63, 3.8) is 0 Å². The van der Waals surface area contributed by atoms with Gasteiger partial charge in [0.1, 0.15) is 5.52 Å². The van der Waals surface area contributed by atoms with Crippen molar-refractivity contribution in [3.05, 3.63) is 53.9 Å². The van der Waals surface area contributed by atoms with E-state index in [-0.39, 0.29) is 0 Å². The van der Waals surface area contributed by atoms with Crippen molar-refractivity contribution in [3.8, 4) is 0 Å². The standard InChI is InChI=1S/C17H19N3O/c1-3-20(14-6-4-5-12(2)9-14)11-17-19-15-8-7-13(18)10-16(15)21-17/h4-10H,3,11,18H2,1-2H3. The molecule has 21 heavy (non-hydrogen) atoms. The highest BCUT2D eigenvalue weighted by Crippen LogP contribution is 2.22. The predicted octanol–water partition coefficient (Wildman–Crippen LogP) is 3.74. The summed E-state index contributed by atoms with van der Waals surface area (Å²) >= 11 is 0. The number of nitrogens with two attached hydrogens (primary N) is 1. The summed E-state index contributed by atoms with van der Waals surface area (Å²) in [7, 11) is 0. The zero-order chi connectivity index (χ0) is 14.8. The van der Waals surface area contributed by atoms with Crippen LogP contribution in [0.15, 0.2) is 46.9 Å². The Morgan fingerprint density at radius 2 is 2.05 bits per heavy atom. The number of oxazole rings is 1. The van der Waals surface area contributed by atoms with Gasteiger partial charge in [-0.25, -0.2) is 4.98 Å². The first-order valence-electron chi connectivity index (χ1n) is 7.12. The van der Waals surface area contributed by atoms with Gasteiger partial charge in [-0.2, -0.15) is 0 Å². The zero-order valence-corrected chi connectivity index (χ0v) is 12.3. The minimum absolute atomic E-state index is 0.647. The van der Waals surface area contributed by atoms with E-state index in [1.807, 2.05) is 18.2 Å². The van der Waals surface area contributed by atoms with Crippen LogP contribution in [0.25, 0.3) is 11.1 Å². The molecular formula is C17H19N3O. The maximum absolute atomic E-state index is 5.80. The molecule has 2 aromatic carbocycles. The number of hydrogen-bond acceptors (Lipinski definition) is 4. The van der Waals surface area contributed by atoms with E-state index >= 15 is 0 Å². The fraction of sp³-hybridized carbons (Fsp3) is 0.235. The number of aromatic nitrogens is 1. The molecule has 3 rings (SSSR count). The summed E-state index contributed by atoms with van der Waals surface area (Å²) < 4.78 is 5.80. The Balaban J connectivity index is 1.88. The molecule has 0 atom stereocenters. The summed E-state index contributed by atoms with van der Waals surface area (Å²) in [6.45, 7) is 5.77. The summed E-state index contributed by atoms with van der Waals surface area (Å²) in [5.41, 5.74) is 10.5. The van der Waals surface area contributed by atoms with Crippen LogP contribution < -0.4 is 10.6 Å². The fourth-order valence-electron chi connectivity index (χ4n) is 2.43. The van der Waals surface area contributed by atoms with Crippen molar-refractivity contribution < 1.29 is 4.42 Å². The first-order chi connectivity index (χ1) is 10.2. The maximum Gasteiger partial charge on any atom is 0.215 e. The first kappa shape index (κ1) is 13.5. The van der Waals surface area contributed by atoms with E-state index in [0.29, 0.717) is 18.1 Å². The molecule has 0 saturated carbocycles. The van der Waals surface area contributed by atoms with Crippen LogP contribution >= 0.6 is 0 Å². The van der Waals surface area contributed by atoms with Gasteiger partial charge in [0, 0.05) is 24.0 Å². The van der Waals surface area contributed by atoms with Crippen LogP contribution in [0.3, 0.4) is 0 Å². The van der Waals surface area contributed by atoms with Gasteiger partial charge in [0.25, 0.3) is 0 Å². The number of benzene rings is 2. The van der Waals surface area contributed by atoms with Gasteiger partial charge in [0.2, 0.25) is 5.89 Å². The molecule has 0 aliphatic rings. The largest absolute Gasteiger partial charge is 0.439 e. The smallest absolute Gasteiger partial charge is 0.215 e. The van der Waals surface area contributed by atoms with Crippen LogP contribution in [0.1, 0.15) is 18.4 Å². The minimum atomic E-state index is 0.647. The van der Waals surface area contributed by atoms with Gasteiger partial charge in [0.05, 0.1) is 6.54 Å². The van der Waals surface area contributed by atoms with Crippen molar-refractivity contribution in [1.82, 2.24) is 4.98 Å². The maximum atomic E-state index is 5.80. The molecule has 0 bridgehead atoms. The molecule has 3 aromatic rings. The van der Waals surface area contributed by atoms with Crippen LogP contribution in [-0.2, 0) is 6.54 Å². The van der Waals surface area contributed by atoms with E-state index < -0.39 is 0 Å². The number of aryl methyl sites for hydroxylation is 1. The van der Waals surface area contributed by atoms with Gasteiger partial charge in [0.15, 0.2) is 5.58 Å².